The highest BCUT2D eigenvalue weighted by Gasteiger charge is 2.13. The fraction of sp³-hybridized carbons (Fsp3) is 1.00. The maximum Gasteiger partial charge on any atom is 0.426 e. The molecule has 0 aromatic heterocycles. The maximum atomic E-state index is 11.5. The Labute approximate surface area is 191 Å². The van der Waals surface area contributed by atoms with Gasteiger partial charge in [0.15, 0.2) is 0 Å². The van der Waals surface area contributed by atoms with Crippen molar-refractivity contribution in [3.63, 3.8) is 0 Å². The molecule has 0 aliphatic carbocycles. The number of hydrogen-bond donors (Lipinski definition) is 0. The molecule has 0 heterocycles. The van der Waals surface area contributed by atoms with Crippen LogP contribution < -0.4 is 0 Å². The molecule has 0 atom stereocenters. The summed E-state index contributed by atoms with van der Waals surface area (Å²) in [6.07, 6.45) is 19.2. The summed E-state index contributed by atoms with van der Waals surface area (Å²) in [6.45, 7) is 5.93. The van der Waals surface area contributed by atoms with Crippen LogP contribution in [-0.4, -0.2) is 48.1 Å². The van der Waals surface area contributed by atoms with Gasteiger partial charge in [0.1, 0.15) is 0 Å². The van der Waals surface area contributed by atoms with Crippen molar-refractivity contribution in [1.82, 2.24) is 0 Å². The van der Waals surface area contributed by atoms with Gasteiger partial charge in [0, 0.05) is 6.61 Å². The van der Waals surface area contributed by atoms with E-state index in [1.165, 1.54) is 77.0 Å². The van der Waals surface area contributed by atoms with E-state index in [0.29, 0.717) is 19.8 Å². The van der Waals surface area contributed by atoms with Crippen LogP contribution >= 0.6 is 0 Å². The Morgan fingerprint density at radius 2 is 0.968 bits per heavy atom. The minimum absolute atomic E-state index is 0.114. The number of unbranched alkanes of at least 4 members (excludes halogenated alkanes) is 14. The van der Waals surface area contributed by atoms with Crippen LogP contribution in [0.2, 0.25) is 0 Å². The van der Waals surface area contributed by atoms with E-state index >= 15 is 0 Å². The molecule has 8 heteroatoms. The van der Waals surface area contributed by atoms with Crippen LogP contribution in [0.5, 0.6) is 0 Å². The van der Waals surface area contributed by atoms with Gasteiger partial charge < -0.3 is 9.47 Å². The van der Waals surface area contributed by atoms with Crippen molar-refractivity contribution < 1.29 is 31.3 Å². The zero-order chi connectivity index (χ0) is 22.9. The molecule has 0 saturated heterocycles. The van der Waals surface area contributed by atoms with Crippen LogP contribution in [0, 0.1) is 0 Å². The molecule has 31 heavy (non-hydrogen) atoms. The fourth-order valence-corrected chi connectivity index (χ4v) is 3.70. The molecule has 0 N–H and O–H groups in total. The van der Waals surface area contributed by atoms with Crippen molar-refractivity contribution in [3.8, 4) is 0 Å². The van der Waals surface area contributed by atoms with E-state index in [0.717, 1.165) is 19.3 Å². The maximum absolute atomic E-state index is 11.5. The molecule has 0 rings (SSSR count). The van der Waals surface area contributed by atoms with E-state index in [1.807, 2.05) is 6.92 Å². The Morgan fingerprint density at radius 1 is 0.516 bits per heavy atom. The van der Waals surface area contributed by atoms with E-state index in [4.69, 9.17) is 14.4 Å². The van der Waals surface area contributed by atoms with Crippen molar-refractivity contribution in [2.24, 2.45) is 0 Å². The first-order chi connectivity index (χ1) is 15.1. The summed E-state index contributed by atoms with van der Waals surface area (Å²) in [6, 6.07) is 0. The van der Waals surface area contributed by atoms with Gasteiger partial charge >= 0.3 is 10.4 Å². The van der Waals surface area contributed by atoms with E-state index in [1.54, 1.807) is 0 Å². The molecule has 0 aromatic rings. The second kappa shape index (κ2) is 24.4. The molecule has 0 aromatic carbocycles. The minimum Gasteiger partial charge on any atom is -0.379 e. The normalized spacial score (nSPS) is 11.9. The van der Waals surface area contributed by atoms with Gasteiger partial charge in [-0.1, -0.05) is 101 Å². The van der Waals surface area contributed by atoms with Crippen molar-refractivity contribution >= 4 is 10.4 Å². The standard InChI is InChI=1S/C23H48O7S/c1-3-5-6-7-8-9-10-11-12-13-14-15-16-17-18-19-28-30-31(24,25)29-23-22-27-21-20-26-4-2/h3-23H2,1-2H3. The minimum atomic E-state index is -4.13. The molecule has 7 nitrogen and oxygen atoms in total. The average Bonchev–Trinajstić information content (AvgIpc) is 2.75. The van der Waals surface area contributed by atoms with Gasteiger partial charge in [-0.25, -0.2) is 9.07 Å². The summed E-state index contributed by atoms with van der Waals surface area (Å²) in [5.41, 5.74) is 0. The van der Waals surface area contributed by atoms with Crippen LogP contribution in [-0.2, 0) is 33.3 Å². The zero-order valence-corrected chi connectivity index (χ0v) is 20.9. The molecule has 0 aliphatic heterocycles. The lowest BCUT2D eigenvalue weighted by Crippen LogP contribution is -2.16. The highest BCUT2D eigenvalue weighted by Crippen LogP contribution is 2.13. The van der Waals surface area contributed by atoms with E-state index in [-0.39, 0.29) is 19.8 Å². The van der Waals surface area contributed by atoms with Gasteiger partial charge in [-0.3, -0.25) is 0 Å². The third-order valence-corrected chi connectivity index (χ3v) is 5.71. The molecule has 0 unspecified atom stereocenters. The average molecular weight is 469 g/mol. The summed E-state index contributed by atoms with van der Waals surface area (Å²) in [5.74, 6) is 0. The van der Waals surface area contributed by atoms with Gasteiger partial charge in [-0.05, 0) is 13.3 Å². The predicted molar refractivity (Wildman–Crippen MR) is 124 cm³/mol. The largest absolute Gasteiger partial charge is 0.426 e. The number of ether oxygens (including phenoxy) is 2. The van der Waals surface area contributed by atoms with Crippen LogP contribution in [0.1, 0.15) is 110 Å². The first-order valence-corrected chi connectivity index (χ1v) is 13.8. The summed E-state index contributed by atoms with van der Waals surface area (Å²) in [5, 5.41) is 0. The second-order valence-electron chi connectivity index (χ2n) is 7.88. The quantitative estimate of drug-likeness (QED) is 0.0859. The monoisotopic (exact) mass is 468 g/mol. The number of hydrogen-bond acceptors (Lipinski definition) is 7. The molecule has 0 saturated carbocycles. The summed E-state index contributed by atoms with van der Waals surface area (Å²) in [4.78, 5) is 4.75. The molecule has 0 amide bonds. The van der Waals surface area contributed by atoms with Crippen LogP contribution in [0.15, 0.2) is 0 Å². The smallest absolute Gasteiger partial charge is 0.379 e. The van der Waals surface area contributed by atoms with Crippen molar-refractivity contribution in [1.29, 1.82) is 0 Å². The van der Waals surface area contributed by atoms with Gasteiger partial charge in [-0.2, -0.15) is 8.42 Å². The Morgan fingerprint density at radius 3 is 1.48 bits per heavy atom. The molecule has 0 fully saturated rings. The predicted octanol–water partition coefficient (Wildman–Crippen LogP) is 6.12. The fourth-order valence-electron chi connectivity index (χ4n) is 3.20. The molecule has 0 aliphatic rings. The molecule has 188 valence electrons. The topological polar surface area (TPSA) is 80.3 Å². The van der Waals surface area contributed by atoms with Crippen molar-refractivity contribution in [3.05, 3.63) is 0 Å². The lowest BCUT2D eigenvalue weighted by atomic mass is 10.0. The Balaban J connectivity index is 3.26. The number of rotatable bonds is 26. The lowest BCUT2D eigenvalue weighted by molar-refractivity contribution is -0.210. The van der Waals surface area contributed by atoms with Gasteiger partial charge in [0.05, 0.1) is 33.0 Å². The SMILES string of the molecule is CCCCCCCCCCCCCCCCCOOS(=O)(=O)OCCOCCOCC. The van der Waals surface area contributed by atoms with Gasteiger partial charge in [0.25, 0.3) is 0 Å². The van der Waals surface area contributed by atoms with Crippen LogP contribution in [0.4, 0.5) is 0 Å². The van der Waals surface area contributed by atoms with E-state index in [9.17, 15) is 8.42 Å². The first-order valence-electron chi connectivity index (χ1n) is 12.5. The third kappa shape index (κ3) is 25.9. The Kier molecular flexibility index (Phi) is 24.2. The van der Waals surface area contributed by atoms with E-state index in [2.05, 4.69) is 15.4 Å². The van der Waals surface area contributed by atoms with Crippen molar-refractivity contribution in [2.75, 3.05) is 39.6 Å². The van der Waals surface area contributed by atoms with Crippen LogP contribution in [0.3, 0.4) is 0 Å². The third-order valence-electron chi connectivity index (χ3n) is 4.99. The van der Waals surface area contributed by atoms with E-state index < -0.39 is 10.4 Å². The molecule has 0 radical (unpaired) electrons. The second-order valence-corrected chi connectivity index (χ2v) is 9.07. The van der Waals surface area contributed by atoms with Gasteiger partial charge in [0.2, 0.25) is 0 Å². The van der Waals surface area contributed by atoms with Crippen LogP contribution in [0.25, 0.3) is 0 Å². The summed E-state index contributed by atoms with van der Waals surface area (Å²) in [7, 11) is -4.13. The van der Waals surface area contributed by atoms with Gasteiger partial charge in [-0.15, -0.1) is 0 Å². The summed E-state index contributed by atoms with van der Waals surface area (Å²) < 4.78 is 42.2. The molecular formula is C23H48O7S. The molecule has 0 spiro atoms. The van der Waals surface area contributed by atoms with Crippen molar-refractivity contribution in [2.45, 2.75) is 110 Å². The lowest BCUT2D eigenvalue weighted by Gasteiger charge is -2.06. The Bertz CT molecular complexity index is 443. The molecular weight excluding hydrogens is 420 g/mol. The first kappa shape index (κ1) is 30.8. The summed E-state index contributed by atoms with van der Waals surface area (Å²) >= 11 is 0. The Hall–Kier alpha value is -0.250. The highest BCUT2D eigenvalue weighted by atomic mass is 32.3. The zero-order valence-electron chi connectivity index (χ0n) is 20.1. The highest BCUT2D eigenvalue weighted by molar-refractivity contribution is 7.81. The molecule has 0 bridgehead atoms.